The summed E-state index contributed by atoms with van der Waals surface area (Å²) in [7, 11) is 0. The topological polar surface area (TPSA) is 12.0 Å². The number of aryl methyl sites for hydroxylation is 2. The zero-order valence-corrected chi connectivity index (χ0v) is 14.4. The fraction of sp³-hybridized carbons (Fsp3) is 0.333. The number of hydrogen-bond acceptors (Lipinski definition) is 2. The third-order valence-corrected chi connectivity index (χ3v) is 4.98. The molecule has 3 heteroatoms. The maximum Gasteiger partial charge on any atom is 0.0548 e. The minimum Gasteiger partial charge on any atom is -0.313 e. The van der Waals surface area contributed by atoms with Gasteiger partial charge < -0.3 is 5.32 Å². The van der Waals surface area contributed by atoms with Crippen molar-refractivity contribution >= 4 is 23.4 Å². The van der Waals surface area contributed by atoms with E-state index in [-0.39, 0.29) is 0 Å². The van der Waals surface area contributed by atoms with Crippen LogP contribution in [0.5, 0.6) is 0 Å². The summed E-state index contributed by atoms with van der Waals surface area (Å²) >= 11 is 8.18. The van der Waals surface area contributed by atoms with Gasteiger partial charge in [0.2, 0.25) is 0 Å². The van der Waals surface area contributed by atoms with Crippen LogP contribution in [0.25, 0.3) is 0 Å². The monoisotopic (exact) mass is 319 g/mol. The van der Waals surface area contributed by atoms with Gasteiger partial charge in [-0.2, -0.15) is 0 Å². The molecule has 21 heavy (non-hydrogen) atoms. The van der Waals surface area contributed by atoms with Gasteiger partial charge in [0.15, 0.2) is 0 Å². The van der Waals surface area contributed by atoms with E-state index in [4.69, 9.17) is 11.6 Å². The smallest absolute Gasteiger partial charge is 0.0548 e. The van der Waals surface area contributed by atoms with Crippen molar-refractivity contribution in [2.45, 2.75) is 43.5 Å². The van der Waals surface area contributed by atoms with Crippen molar-refractivity contribution in [1.82, 2.24) is 5.32 Å². The van der Waals surface area contributed by atoms with E-state index in [0.29, 0.717) is 0 Å². The molecule has 0 saturated carbocycles. The SMILES string of the molecule is CCCNCc1ccc(Sc2cc(C)ccc2C)c(Cl)c1. The van der Waals surface area contributed by atoms with Crippen molar-refractivity contribution in [2.24, 2.45) is 0 Å². The molecule has 112 valence electrons. The minimum atomic E-state index is 0.830. The zero-order chi connectivity index (χ0) is 15.2. The Morgan fingerprint density at radius 3 is 2.57 bits per heavy atom. The number of hydrogen-bond donors (Lipinski definition) is 1. The summed E-state index contributed by atoms with van der Waals surface area (Å²) in [4.78, 5) is 2.39. The van der Waals surface area contributed by atoms with Crippen LogP contribution in [0.15, 0.2) is 46.2 Å². The fourth-order valence-corrected chi connectivity index (χ4v) is 3.40. The molecule has 0 bridgehead atoms. The Labute approximate surface area is 137 Å². The van der Waals surface area contributed by atoms with E-state index in [1.807, 2.05) is 0 Å². The first-order valence-electron chi connectivity index (χ1n) is 7.34. The first kappa shape index (κ1) is 16.4. The Morgan fingerprint density at radius 1 is 1.05 bits per heavy atom. The van der Waals surface area contributed by atoms with Crippen molar-refractivity contribution in [3.05, 3.63) is 58.1 Å². The van der Waals surface area contributed by atoms with Crippen LogP contribution in [0.2, 0.25) is 5.02 Å². The molecule has 1 nitrogen and oxygen atoms in total. The molecule has 2 rings (SSSR count). The van der Waals surface area contributed by atoms with Gasteiger partial charge in [-0.25, -0.2) is 0 Å². The van der Waals surface area contributed by atoms with E-state index in [2.05, 4.69) is 62.5 Å². The molecule has 0 aromatic heterocycles. The van der Waals surface area contributed by atoms with Gasteiger partial charge in [-0.1, -0.05) is 48.5 Å². The van der Waals surface area contributed by atoms with Gasteiger partial charge in [-0.05, 0) is 61.7 Å². The van der Waals surface area contributed by atoms with Crippen LogP contribution in [0, 0.1) is 13.8 Å². The molecule has 0 atom stereocenters. The number of nitrogens with one attached hydrogen (secondary N) is 1. The lowest BCUT2D eigenvalue weighted by molar-refractivity contribution is 0.675. The molecule has 0 aliphatic rings. The third-order valence-electron chi connectivity index (χ3n) is 3.32. The van der Waals surface area contributed by atoms with Crippen molar-refractivity contribution in [3.8, 4) is 0 Å². The summed E-state index contributed by atoms with van der Waals surface area (Å²) in [6.45, 7) is 8.34. The average molecular weight is 320 g/mol. The normalized spacial score (nSPS) is 10.9. The Hall–Kier alpha value is -0.960. The maximum absolute atomic E-state index is 6.44. The standard InChI is InChI=1S/C18H22ClNS/c1-4-9-20-12-15-7-8-17(16(19)11-15)21-18-10-13(2)5-6-14(18)3/h5-8,10-11,20H,4,9,12H2,1-3H3. The van der Waals surface area contributed by atoms with Gasteiger partial charge >= 0.3 is 0 Å². The van der Waals surface area contributed by atoms with Gasteiger partial charge in [0, 0.05) is 16.3 Å². The Balaban J connectivity index is 2.12. The van der Waals surface area contributed by atoms with E-state index < -0.39 is 0 Å². The second-order valence-corrected chi connectivity index (χ2v) is 6.80. The van der Waals surface area contributed by atoms with E-state index in [0.717, 1.165) is 29.4 Å². The lowest BCUT2D eigenvalue weighted by atomic mass is 10.2. The van der Waals surface area contributed by atoms with Crippen LogP contribution in [0.3, 0.4) is 0 Å². The summed E-state index contributed by atoms with van der Waals surface area (Å²) in [6, 6.07) is 12.9. The highest BCUT2D eigenvalue weighted by atomic mass is 35.5. The molecule has 0 aliphatic heterocycles. The Morgan fingerprint density at radius 2 is 1.86 bits per heavy atom. The van der Waals surface area contributed by atoms with Gasteiger partial charge in [0.25, 0.3) is 0 Å². The molecule has 0 amide bonds. The third kappa shape index (κ3) is 4.77. The summed E-state index contributed by atoms with van der Waals surface area (Å²) in [5.41, 5.74) is 3.80. The zero-order valence-electron chi connectivity index (χ0n) is 12.9. The van der Waals surface area contributed by atoms with Crippen LogP contribution >= 0.6 is 23.4 Å². The highest BCUT2D eigenvalue weighted by Gasteiger charge is 2.06. The van der Waals surface area contributed by atoms with Crippen LogP contribution in [0.1, 0.15) is 30.0 Å². The van der Waals surface area contributed by atoms with Crippen LogP contribution in [-0.2, 0) is 6.54 Å². The van der Waals surface area contributed by atoms with Crippen molar-refractivity contribution in [2.75, 3.05) is 6.54 Å². The highest BCUT2D eigenvalue weighted by Crippen LogP contribution is 2.35. The molecular weight excluding hydrogens is 298 g/mol. The van der Waals surface area contributed by atoms with E-state index in [9.17, 15) is 0 Å². The first-order chi connectivity index (χ1) is 10.1. The van der Waals surface area contributed by atoms with Crippen molar-refractivity contribution in [3.63, 3.8) is 0 Å². The molecule has 2 aromatic rings. The molecule has 0 radical (unpaired) electrons. The highest BCUT2D eigenvalue weighted by molar-refractivity contribution is 7.99. The second kappa shape index (κ2) is 7.88. The number of rotatable bonds is 6. The summed E-state index contributed by atoms with van der Waals surface area (Å²) < 4.78 is 0. The van der Waals surface area contributed by atoms with E-state index >= 15 is 0 Å². The lowest BCUT2D eigenvalue weighted by Crippen LogP contribution is -2.13. The largest absolute Gasteiger partial charge is 0.313 e. The van der Waals surface area contributed by atoms with E-state index in [1.165, 1.54) is 21.6 Å². The second-order valence-electron chi connectivity index (χ2n) is 5.31. The maximum atomic E-state index is 6.44. The molecule has 0 heterocycles. The molecule has 0 spiro atoms. The van der Waals surface area contributed by atoms with Gasteiger partial charge in [0.05, 0.1) is 5.02 Å². The predicted octanol–water partition coefficient (Wildman–Crippen LogP) is 5.61. The Kier molecular flexibility index (Phi) is 6.16. The summed E-state index contributed by atoms with van der Waals surface area (Å²) in [5.74, 6) is 0. The molecule has 0 fully saturated rings. The van der Waals surface area contributed by atoms with E-state index in [1.54, 1.807) is 11.8 Å². The molecule has 0 aliphatic carbocycles. The van der Waals surface area contributed by atoms with Crippen LogP contribution < -0.4 is 5.32 Å². The quantitative estimate of drug-likeness (QED) is 0.695. The minimum absolute atomic E-state index is 0.830. The van der Waals surface area contributed by atoms with Crippen molar-refractivity contribution in [1.29, 1.82) is 0 Å². The average Bonchev–Trinajstić information content (AvgIpc) is 2.46. The van der Waals surface area contributed by atoms with Crippen LogP contribution in [-0.4, -0.2) is 6.54 Å². The first-order valence-corrected chi connectivity index (χ1v) is 8.54. The predicted molar refractivity (Wildman–Crippen MR) is 93.5 cm³/mol. The number of halogens is 1. The molecule has 0 saturated heterocycles. The number of benzene rings is 2. The summed E-state index contributed by atoms with van der Waals surface area (Å²) in [6.07, 6.45) is 1.15. The van der Waals surface area contributed by atoms with Gasteiger partial charge in [-0.15, -0.1) is 0 Å². The van der Waals surface area contributed by atoms with Gasteiger partial charge in [0.1, 0.15) is 0 Å². The van der Waals surface area contributed by atoms with Gasteiger partial charge in [-0.3, -0.25) is 0 Å². The fourth-order valence-electron chi connectivity index (χ4n) is 2.08. The molecule has 2 aromatic carbocycles. The molecule has 0 unspecified atom stereocenters. The molecular formula is C18H22ClNS. The Bertz CT molecular complexity index is 610. The van der Waals surface area contributed by atoms with Crippen molar-refractivity contribution < 1.29 is 0 Å². The van der Waals surface area contributed by atoms with Crippen LogP contribution in [0.4, 0.5) is 0 Å². The lowest BCUT2D eigenvalue weighted by Gasteiger charge is -2.10. The summed E-state index contributed by atoms with van der Waals surface area (Å²) in [5, 5.41) is 4.23. The molecule has 1 N–H and O–H groups in total.